The molecule has 1 aromatic rings. The SMILES string of the molecule is CCOc1c(F)cc([C@H](CF)N2CCNCC2)cc1Cl.Cl. The van der Waals surface area contributed by atoms with E-state index in [1.54, 1.807) is 13.0 Å². The third kappa shape index (κ3) is 4.42. The molecule has 1 atom stereocenters. The molecular formula is C14H20Cl2F2N2O. The Kier molecular flexibility index (Phi) is 7.66. The van der Waals surface area contributed by atoms with Crippen LogP contribution in [0.1, 0.15) is 18.5 Å². The molecule has 1 aliphatic rings. The van der Waals surface area contributed by atoms with Gasteiger partial charge in [0.25, 0.3) is 0 Å². The molecule has 0 radical (unpaired) electrons. The lowest BCUT2D eigenvalue weighted by atomic mass is 10.0. The van der Waals surface area contributed by atoms with E-state index in [0.29, 0.717) is 12.2 Å². The van der Waals surface area contributed by atoms with Gasteiger partial charge in [-0.1, -0.05) is 11.6 Å². The number of nitrogens with zero attached hydrogens (tertiary/aromatic N) is 1. The summed E-state index contributed by atoms with van der Waals surface area (Å²) >= 11 is 6.04. The summed E-state index contributed by atoms with van der Waals surface area (Å²) in [6, 6.07) is 2.46. The zero-order valence-electron chi connectivity index (χ0n) is 11.9. The fourth-order valence-corrected chi connectivity index (χ4v) is 2.72. The van der Waals surface area contributed by atoms with Crippen molar-refractivity contribution in [3.8, 4) is 5.75 Å². The quantitative estimate of drug-likeness (QED) is 0.890. The van der Waals surface area contributed by atoms with Gasteiger partial charge in [-0.15, -0.1) is 12.4 Å². The van der Waals surface area contributed by atoms with Gasteiger partial charge in [0.05, 0.1) is 17.7 Å². The number of rotatable bonds is 5. The second-order valence-electron chi connectivity index (χ2n) is 4.70. The number of benzene rings is 1. The van der Waals surface area contributed by atoms with E-state index in [1.807, 2.05) is 4.90 Å². The first-order valence-corrected chi connectivity index (χ1v) is 7.17. The summed E-state index contributed by atoms with van der Waals surface area (Å²) in [4.78, 5) is 2.00. The second-order valence-corrected chi connectivity index (χ2v) is 5.11. The zero-order chi connectivity index (χ0) is 14.5. The van der Waals surface area contributed by atoms with E-state index in [9.17, 15) is 8.78 Å². The summed E-state index contributed by atoms with van der Waals surface area (Å²) in [5.41, 5.74) is 0.556. The van der Waals surface area contributed by atoms with Crippen molar-refractivity contribution in [2.75, 3.05) is 39.5 Å². The summed E-state index contributed by atoms with van der Waals surface area (Å²) in [5.74, 6) is -0.501. The molecule has 0 saturated carbocycles. The number of nitrogens with one attached hydrogen (secondary N) is 1. The molecule has 0 aromatic heterocycles. The number of hydrogen-bond donors (Lipinski definition) is 1. The molecule has 0 unspecified atom stereocenters. The van der Waals surface area contributed by atoms with Crippen molar-refractivity contribution in [3.63, 3.8) is 0 Å². The minimum Gasteiger partial charge on any atom is -0.489 e. The van der Waals surface area contributed by atoms with E-state index in [4.69, 9.17) is 16.3 Å². The van der Waals surface area contributed by atoms with Crippen molar-refractivity contribution < 1.29 is 13.5 Å². The Hall–Kier alpha value is -0.620. The minimum atomic E-state index is -0.566. The number of hydrogen-bond acceptors (Lipinski definition) is 3. The monoisotopic (exact) mass is 340 g/mol. The topological polar surface area (TPSA) is 24.5 Å². The summed E-state index contributed by atoms with van der Waals surface area (Å²) in [7, 11) is 0. The van der Waals surface area contributed by atoms with E-state index in [1.165, 1.54) is 6.07 Å². The Morgan fingerprint density at radius 3 is 2.57 bits per heavy atom. The molecule has 1 saturated heterocycles. The molecule has 0 bridgehead atoms. The molecule has 0 amide bonds. The van der Waals surface area contributed by atoms with Crippen LogP contribution in [0.15, 0.2) is 12.1 Å². The molecule has 0 aliphatic carbocycles. The smallest absolute Gasteiger partial charge is 0.173 e. The maximum Gasteiger partial charge on any atom is 0.173 e. The summed E-state index contributed by atoms with van der Waals surface area (Å²) < 4.78 is 32.5. The van der Waals surface area contributed by atoms with Gasteiger partial charge in [-0.05, 0) is 24.6 Å². The number of ether oxygens (including phenoxy) is 1. The fourth-order valence-electron chi connectivity index (χ4n) is 2.45. The Labute approximate surface area is 135 Å². The van der Waals surface area contributed by atoms with Crippen molar-refractivity contribution >= 4 is 24.0 Å². The van der Waals surface area contributed by atoms with E-state index < -0.39 is 18.5 Å². The molecule has 21 heavy (non-hydrogen) atoms. The van der Waals surface area contributed by atoms with Gasteiger partial charge in [0.2, 0.25) is 0 Å². The third-order valence-electron chi connectivity index (χ3n) is 3.43. The lowest BCUT2D eigenvalue weighted by Crippen LogP contribution is -2.45. The first-order chi connectivity index (χ1) is 9.67. The largest absolute Gasteiger partial charge is 0.489 e. The third-order valence-corrected chi connectivity index (χ3v) is 3.71. The molecule has 1 heterocycles. The maximum absolute atomic E-state index is 14.0. The van der Waals surface area contributed by atoms with Crippen LogP contribution in [0, 0.1) is 5.82 Å². The molecule has 7 heteroatoms. The molecule has 2 rings (SSSR count). The molecule has 1 fully saturated rings. The molecule has 1 aliphatic heterocycles. The normalized spacial score (nSPS) is 17.1. The lowest BCUT2D eigenvalue weighted by molar-refractivity contribution is 0.147. The van der Waals surface area contributed by atoms with Crippen molar-refractivity contribution in [1.82, 2.24) is 10.2 Å². The van der Waals surface area contributed by atoms with E-state index in [-0.39, 0.29) is 23.2 Å². The standard InChI is InChI=1S/C14H19ClF2N2O.ClH/c1-2-20-14-11(15)7-10(8-12(14)17)13(9-16)19-5-3-18-4-6-19;/h7-8,13,18H,2-6,9H2,1H3;1H/t13-;/m0./s1. The highest BCUT2D eigenvalue weighted by Crippen LogP contribution is 2.33. The van der Waals surface area contributed by atoms with Crippen LogP contribution in [0.4, 0.5) is 8.78 Å². The van der Waals surface area contributed by atoms with Crippen LogP contribution in [-0.4, -0.2) is 44.4 Å². The second kappa shape index (κ2) is 8.73. The molecule has 120 valence electrons. The van der Waals surface area contributed by atoms with Crippen LogP contribution < -0.4 is 10.1 Å². The number of halogens is 4. The first-order valence-electron chi connectivity index (χ1n) is 6.79. The maximum atomic E-state index is 14.0. The molecule has 0 spiro atoms. The van der Waals surface area contributed by atoms with Gasteiger partial charge in [-0.3, -0.25) is 4.90 Å². The fraction of sp³-hybridized carbons (Fsp3) is 0.571. The minimum absolute atomic E-state index is 0. The predicted molar refractivity (Wildman–Crippen MR) is 83.0 cm³/mol. The summed E-state index contributed by atoms with van der Waals surface area (Å²) in [6.45, 7) is 4.62. The van der Waals surface area contributed by atoms with E-state index >= 15 is 0 Å². The number of piperazine rings is 1. The van der Waals surface area contributed by atoms with Crippen molar-refractivity contribution in [3.05, 3.63) is 28.5 Å². The van der Waals surface area contributed by atoms with Gasteiger partial charge >= 0.3 is 0 Å². The highest BCUT2D eigenvalue weighted by Gasteiger charge is 2.24. The van der Waals surface area contributed by atoms with Crippen LogP contribution in [0.5, 0.6) is 5.75 Å². The average molecular weight is 341 g/mol. The van der Waals surface area contributed by atoms with Gasteiger partial charge in [-0.25, -0.2) is 8.78 Å². The van der Waals surface area contributed by atoms with E-state index in [0.717, 1.165) is 26.2 Å². The van der Waals surface area contributed by atoms with Gasteiger partial charge in [0.15, 0.2) is 11.6 Å². The Bertz CT molecular complexity index is 434. The van der Waals surface area contributed by atoms with Gasteiger partial charge in [0, 0.05) is 26.2 Å². The molecular weight excluding hydrogens is 321 g/mol. The van der Waals surface area contributed by atoms with Gasteiger partial charge in [0.1, 0.15) is 6.67 Å². The van der Waals surface area contributed by atoms with Gasteiger partial charge in [-0.2, -0.15) is 0 Å². The Morgan fingerprint density at radius 2 is 2.05 bits per heavy atom. The van der Waals surface area contributed by atoms with Crippen LogP contribution in [0.2, 0.25) is 5.02 Å². The summed E-state index contributed by atoms with van der Waals surface area (Å²) in [6.07, 6.45) is 0. The van der Waals surface area contributed by atoms with Crippen LogP contribution in [0.3, 0.4) is 0 Å². The lowest BCUT2D eigenvalue weighted by Gasteiger charge is -2.33. The van der Waals surface area contributed by atoms with Crippen LogP contribution in [-0.2, 0) is 0 Å². The summed E-state index contributed by atoms with van der Waals surface area (Å²) in [5, 5.41) is 3.40. The highest BCUT2D eigenvalue weighted by atomic mass is 35.5. The molecule has 3 nitrogen and oxygen atoms in total. The predicted octanol–water partition coefficient (Wildman–Crippen LogP) is 3.22. The van der Waals surface area contributed by atoms with Crippen LogP contribution >= 0.6 is 24.0 Å². The van der Waals surface area contributed by atoms with Crippen LogP contribution in [0.25, 0.3) is 0 Å². The Morgan fingerprint density at radius 1 is 1.38 bits per heavy atom. The van der Waals surface area contributed by atoms with E-state index in [2.05, 4.69) is 5.32 Å². The average Bonchev–Trinajstić information content (AvgIpc) is 2.45. The number of alkyl halides is 1. The molecule has 1 N–H and O–H groups in total. The van der Waals surface area contributed by atoms with Crippen molar-refractivity contribution in [2.24, 2.45) is 0 Å². The van der Waals surface area contributed by atoms with Crippen molar-refractivity contribution in [1.29, 1.82) is 0 Å². The van der Waals surface area contributed by atoms with Crippen molar-refractivity contribution in [2.45, 2.75) is 13.0 Å². The van der Waals surface area contributed by atoms with Gasteiger partial charge < -0.3 is 10.1 Å². The Balaban J connectivity index is 0.00000220. The zero-order valence-corrected chi connectivity index (χ0v) is 13.4. The first kappa shape index (κ1) is 18.4. The molecule has 1 aromatic carbocycles. The highest BCUT2D eigenvalue weighted by molar-refractivity contribution is 6.32.